The lowest BCUT2D eigenvalue weighted by molar-refractivity contribution is -0.131. The summed E-state index contributed by atoms with van der Waals surface area (Å²) in [5.74, 6) is 0.146. The molecule has 1 heterocycles. The van der Waals surface area contributed by atoms with Crippen LogP contribution in [0.15, 0.2) is 42.5 Å². The molecular formula is C19H20O2. The average molecular weight is 280 g/mol. The van der Waals surface area contributed by atoms with Crippen molar-refractivity contribution in [1.29, 1.82) is 0 Å². The molecule has 0 aliphatic carbocycles. The molecule has 0 bridgehead atoms. The van der Waals surface area contributed by atoms with Crippen LogP contribution >= 0.6 is 0 Å². The summed E-state index contributed by atoms with van der Waals surface area (Å²) >= 11 is 0. The zero-order valence-electron chi connectivity index (χ0n) is 12.6. The van der Waals surface area contributed by atoms with Crippen molar-refractivity contribution in [3.63, 3.8) is 0 Å². The number of ketones is 1. The minimum Gasteiger partial charge on any atom is -0.365 e. The van der Waals surface area contributed by atoms with Crippen molar-refractivity contribution in [2.24, 2.45) is 0 Å². The maximum atomic E-state index is 12.6. The molecule has 3 rings (SSSR count). The number of benzene rings is 2. The first-order valence-electron chi connectivity index (χ1n) is 7.43. The van der Waals surface area contributed by atoms with Crippen LogP contribution in [0.3, 0.4) is 0 Å². The van der Waals surface area contributed by atoms with Gasteiger partial charge in [0.1, 0.15) is 6.10 Å². The Balaban J connectivity index is 1.83. The van der Waals surface area contributed by atoms with E-state index in [1.807, 2.05) is 18.2 Å². The van der Waals surface area contributed by atoms with Gasteiger partial charge in [-0.15, -0.1) is 0 Å². The highest BCUT2D eigenvalue weighted by Crippen LogP contribution is 2.28. The van der Waals surface area contributed by atoms with E-state index in [1.54, 1.807) is 0 Å². The van der Waals surface area contributed by atoms with E-state index >= 15 is 0 Å². The quantitative estimate of drug-likeness (QED) is 0.856. The molecule has 0 saturated carbocycles. The number of carbonyl (C=O) groups is 1. The first kappa shape index (κ1) is 14.0. The van der Waals surface area contributed by atoms with Crippen molar-refractivity contribution in [2.75, 3.05) is 6.61 Å². The van der Waals surface area contributed by atoms with Gasteiger partial charge in [-0.25, -0.2) is 0 Å². The number of Topliss-reactive ketones (excluding diaryl/α,β-unsaturated/α-hetero) is 1. The lowest BCUT2D eigenvalue weighted by Gasteiger charge is -2.25. The fraction of sp³-hybridized carbons (Fsp3) is 0.316. The summed E-state index contributed by atoms with van der Waals surface area (Å²) in [6, 6.07) is 14.4. The highest BCUT2D eigenvalue weighted by atomic mass is 16.5. The highest BCUT2D eigenvalue weighted by Gasteiger charge is 2.26. The number of hydrogen-bond donors (Lipinski definition) is 0. The Hall–Kier alpha value is -1.93. The summed E-state index contributed by atoms with van der Waals surface area (Å²) < 4.78 is 5.75. The molecule has 2 aromatic carbocycles. The second-order valence-electron chi connectivity index (χ2n) is 5.84. The number of ether oxygens (including phenoxy) is 1. The van der Waals surface area contributed by atoms with Crippen molar-refractivity contribution in [1.82, 2.24) is 0 Å². The molecule has 0 spiro atoms. The smallest absolute Gasteiger partial charge is 0.170 e. The van der Waals surface area contributed by atoms with E-state index in [4.69, 9.17) is 4.74 Å². The van der Waals surface area contributed by atoms with Gasteiger partial charge in [-0.2, -0.15) is 0 Å². The fourth-order valence-electron chi connectivity index (χ4n) is 3.13. The molecule has 1 unspecified atom stereocenters. The van der Waals surface area contributed by atoms with Gasteiger partial charge in [-0.05, 0) is 37.0 Å². The van der Waals surface area contributed by atoms with Gasteiger partial charge in [0.25, 0.3) is 0 Å². The predicted octanol–water partition coefficient (Wildman–Crippen LogP) is 3.73. The molecule has 108 valence electrons. The Labute approximate surface area is 125 Å². The lowest BCUT2D eigenvalue weighted by atomic mass is 9.92. The summed E-state index contributed by atoms with van der Waals surface area (Å²) in [7, 11) is 0. The topological polar surface area (TPSA) is 26.3 Å². The first-order valence-corrected chi connectivity index (χ1v) is 7.43. The van der Waals surface area contributed by atoms with Gasteiger partial charge >= 0.3 is 0 Å². The molecule has 0 fully saturated rings. The Morgan fingerprint density at radius 3 is 2.62 bits per heavy atom. The van der Waals surface area contributed by atoms with Crippen molar-refractivity contribution >= 4 is 5.78 Å². The first-order chi connectivity index (χ1) is 10.1. The summed E-state index contributed by atoms with van der Waals surface area (Å²) in [4.78, 5) is 12.6. The van der Waals surface area contributed by atoms with Crippen molar-refractivity contribution in [3.05, 3.63) is 70.3 Å². The maximum Gasteiger partial charge on any atom is 0.170 e. The van der Waals surface area contributed by atoms with E-state index < -0.39 is 6.10 Å². The van der Waals surface area contributed by atoms with Gasteiger partial charge in [0.15, 0.2) is 5.78 Å². The number of hydrogen-bond acceptors (Lipinski definition) is 2. The zero-order valence-corrected chi connectivity index (χ0v) is 12.6. The summed E-state index contributed by atoms with van der Waals surface area (Å²) in [6.07, 6.45) is 0.918. The molecule has 2 nitrogen and oxygen atoms in total. The fourth-order valence-corrected chi connectivity index (χ4v) is 3.13. The van der Waals surface area contributed by atoms with Gasteiger partial charge in [-0.3, -0.25) is 4.79 Å². The lowest BCUT2D eigenvalue weighted by Crippen LogP contribution is -2.24. The van der Waals surface area contributed by atoms with E-state index in [0.717, 1.165) is 17.5 Å². The number of carbonyl (C=O) groups excluding carboxylic acids is 1. The molecule has 1 aliphatic rings. The molecule has 1 atom stereocenters. The Kier molecular flexibility index (Phi) is 3.89. The second-order valence-corrected chi connectivity index (χ2v) is 5.84. The van der Waals surface area contributed by atoms with Crippen LogP contribution in [-0.2, 0) is 22.4 Å². The number of fused-ring (bicyclic) bond motifs is 1. The third kappa shape index (κ3) is 3.06. The molecule has 0 saturated heterocycles. The molecule has 2 heteroatoms. The monoisotopic (exact) mass is 280 g/mol. The molecule has 1 aliphatic heterocycles. The number of rotatable bonds is 3. The Bertz CT molecular complexity index is 653. The Morgan fingerprint density at radius 2 is 1.86 bits per heavy atom. The molecule has 21 heavy (non-hydrogen) atoms. The van der Waals surface area contributed by atoms with Crippen molar-refractivity contribution in [2.45, 2.75) is 32.8 Å². The molecule has 0 N–H and O–H groups in total. The summed E-state index contributed by atoms with van der Waals surface area (Å²) in [5.41, 5.74) is 5.75. The second kappa shape index (κ2) is 5.82. The van der Waals surface area contributed by atoms with Gasteiger partial charge < -0.3 is 4.74 Å². The van der Waals surface area contributed by atoms with Crippen LogP contribution < -0.4 is 0 Å². The van der Waals surface area contributed by atoms with Crippen LogP contribution in [0.25, 0.3) is 0 Å². The average Bonchev–Trinajstić information content (AvgIpc) is 2.45. The minimum absolute atomic E-state index is 0.146. The van der Waals surface area contributed by atoms with E-state index in [-0.39, 0.29) is 5.78 Å². The van der Waals surface area contributed by atoms with Gasteiger partial charge in [0.2, 0.25) is 0 Å². The van der Waals surface area contributed by atoms with Crippen LogP contribution in [0.5, 0.6) is 0 Å². The molecule has 0 amide bonds. The molecule has 2 aromatic rings. The summed E-state index contributed by atoms with van der Waals surface area (Å²) in [6.45, 7) is 4.75. The van der Waals surface area contributed by atoms with Crippen LogP contribution in [0, 0.1) is 13.8 Å². The molecular weight excluding hydrogens is 260 g/mol. The van der Waals surface area contributed by atoms with Gasteiger partial charge in [0, 0.05) is 6.42 Å². The van der Waals surface area contributed by atoms with E-state index in [0.29, 0.717) is 13.0 Å². The highest BCUT2D eigenvalue weighted by molar-refractivity contribution is 5.87. The van der Waals surface area contributed by atoms with Crippen molar-refractivity contribution < 1.29 is 9.53 Å². The summed E-state index contributed by atoms with van der Waals surface area (Å²) in [5, 5.41) is 0. The third-order valence-electron chi connectivity index (χ3n) is 3.95. The predicted molar refractivity (Wildman–Crippen MR) is 83.5 cm³/mol. The largest absolute Gasteiger partial charge is 0.365 e. The third-order valence-corrected chi connectivity index (χ3v) is 3.95. The maximum absolute atomic E-state index is 12.6. The SMILES string of the molecule is Cc1cc(C)cc(CC(=O)C2OCCc3ccccc32)c1. The molecule has 0 aromatic heterocycles. The van der Waals surface area contributed by atoms with Crippen LogP contribution in [0.4, 0.5) is 0 Å². The van der Waals surface area contributed by atoms with Gasteiger partial charge in [0.05, 0.1) is 6.61 Å². The zero-order chi connectivity index (χ0) is 14.8. The van der Waals surface area contributed by atoms with Crippen LogP contribution in [0.2, 0.25) is 0 Å². The Morgan fingerprint density at radius 1 is 1.14 bits per heavy atom. The minimum atomic E-state index is -0.407. The normalized spacial score (nSPS) is 17.3. The van der Waals surface area contributed by atoms with Gasteiger partial charge in [-0.1, -0.05) is 53.6 Å². The number of aryl methyl sites for hydroxylation is 2. The standard InChI is InChI=1S/C19H20O2/c1-13-9-14(2)11-15(10-13)12-18(20)19-17-6-4-3-5-16(17)7-8-21-19/h3-6,9-11,19H,7-8,12H2,1-2H3. The van der Waals surface area contributed by atoms with E-state index in [1.165, 1.54) is 16.7 Å². The van der Waals surface area contributed by atoms with Crippen molar-refractivity contribution in [3.8, 4) is 0 Å². The van der Waals surface area contributed by atoms with E-state index in [9.17, 15) is 4.79 Å². The molecule has 0 radical (unpaired) electrons. The van der Waals surface area contributed by atoms with E-state index in [2.05, 4.69) is 38.1 Å². The van der Waals surface area contributed by atoms with Crippen LogP contribution in [-0.4, -0.2) is 12.4 Å². The van der Waals surface area contributed by atoms with Crippen LogP contribution in [0.1, 0.15) is 33.9 Å².